The Labute approximate surface area is 133 Å². The second-order valence-electron chi connectivity index (χ2n) is 5.18. The number of hydrogen-bond acceptors (Lipinski definition) is 2. The van der Waals surface area contributed by atoms with Crippen molar-refractivity contribution < 1.29 is 22.1 Å². The van der Waals surface area contributed by atoms with E-state index in [2.05, 4.69) is 5.87 Å². The number of benzene rings is 2. The summed E-state index contributed by atoms with van der Waals surface area (Å²) in [5.41, 5.74) is -0.724. The summed E-state index contributed by atoms with van der Waals surface area (Å²) in [4.78, 5) is 0.557. The topological polar surface area (TPSA) is 26.3 Å². The molecule has 0 fully saturated rings. The molecule has 0 aliphatic carbocycles. The van der Waals surface area contributed by atoms with Crippen LogP contribution in [0.5, 0.6) is 11.5 Å². The molecule has 0 aliphatic rings. The summed E-state index contributed by atoms with van der Waals surface area (Å²) < 4.78 is 58.2. The Morgan fingerprint density at radius 1 is 1.17 bits per heavy atom. The van der Waals surface area contributed by atoms with Gasteiger partial charge in [-0.05, 0) is 51.8 Å². The molecule has 0 aliphatic heterocycles. The molecule has 6 heteroatoms. The Morgan fingerprint density at radius 2 is 1.78 bits per heavy atom. The van der Waals surface area contributed by atoms with E-state index in [0.717, 1.165) is 6.07 Å². The van der Waals surface area contributed by atoms with Crippen LogP contribution in [0.1, 0.15) is 19.4 Å². The van der Waals surface area contributed by atoms with Gasteiger partial charge in [-0.2, -0.15) is 0 Å². The van der Waals surface area contributed by atoms with Crippen molar-refractivity contribution >= 4 is 15.4 Å². The second-order valence-corrected chi connectivity index (χ2v) is 7.85. The molecule has 0 bridgehead atoms. The molecule has 0 heterocycles. The van der Waals surface area contributed by atoms with Gasteiger partial charge in [-0.25, -0.2) is 13.2 Å². The number of ether oxygens (including phenoxy) is 1. The number of halogens is 3. The summed E-state index contributed by atoms with van der Waals surface area (Å²) in [5, 5.41) is 0. The lowest BCUT2D eigenvalue weighted by Gasteiger charge is -2.14. The summed E-state index contributed by atoms with van der Waals surface area (Å²) >= 11 is 0. The summed E-state index contributed by atoms with van der Waals surface area (Å²) in [6.45, 7) is 2.39. The molecular formula is C17H17F3O2S. The highest BCUT2D eigenvalue weighted by Crippen LogP contribution is 2.35. The standard InChI is InChI=1S/C17H17F3O2S/c1-4-23(3,21)13-10-8-12(9-11-13)22-15-7-5-6-14(16(15)18)17(2,19)20/h5-11H,3-4H2,1-2H3. The Balaban J connectivity index is 2.30. The Hall–Kier alpha value is -1.95. The molecule has 1 atom stereocenters. The van der Waals surface area contributed by atoms with E-state index in [0.29, 0.717) is 17.6 Å². The van der Waals surface area contributed by atoms with Crippen molar-refractivity contribution in [3.8, 4) is 11.5 Å². The van der Waals surface area contributed by atoms with Crippen LogP contribution in [0.15, 0.2) is 47.4 Å². The minimum Gasteiger partial charge on any atom is -0.454 e. The highest BCUT2D eigenvalue weighted by atomic mass is 32.2. The summed E-state index contributed by atoms with van der Waals surface area (Å²) in [7, 11) is -2.35. The zero-order valence-corrected chi connectivity index (χ0v) is 13.6. The van der Waals surface area contributed by atoms with Crippen LogP contribution in [0.2, 0.25) is 0 Å². The van der Waals surface area contributed by atoms with Crippen LogP contribution in [0.25, 0.3) is 0 Å². The summed E-state index contributed by atoms with van der Waals surface area (Å²) in [6, 6.07) is 9.76. The zero-order valence-electron chi connectivity index (χ0n) is 12.8. The van der Waals surface area contributed by atoms with Gasteiger partial charge in [0.25, 0.3) is 5.92 Å². The second kappa shape index (κ2) is 6.28. The first-order chi connectivity index (χ1) is 10.6. The van der Waals surface area contributed by atoms with Crippen LogP contribution in [0, 0.1) is 5.82 Å². The van der Waals surface area contributed by atoms with E-state index in [1.54, 1.807) is 19.1 Å². The summed E-state index contributed by atoms with van der Waals surface area (Å²) in [5.74, 6) is -0.359. The van der Waals surface area contributed by atoms with Crippen LogP contribution in [-0.2, 0) is 15.4 Å². The van der Waals surface area contributed by atoms with Crippen molar-refractivity contribution in [1.82, 2.24) is 0 Å². The molecule has 0 saturated heterocycles. The van der Waals surface area contributed by atoms with Crippen LogP contribution < -0.4 is 4.74 Å². The molecule has 23 heavy (non-hydrogen) atoms. The monoisotopic (exact) mass is 342 g/mol. The van der Waals surface area contributed by atoms with Crippen LogP contribution in [0.4, 0.5) is 13.2 Å². The zero-order chi connectivity index (χ0) is 17.3. The third kappa shape index (κ3) is 3.88. The predicted molar refractivity (Wildman–Crippen MR) is 86.6 cm³/mol. The molecule has 0 spiro atoms. The average molecular weight is 342 g/mol. The van der Waals surface area contributed by atoms with Gasteiger partial charge < -0.3 is 4.74 Å². The first kappa shape index (κ1) is 17.4. The maximum absolute atomic E-state index is 14.1. The average Bonchev–Trinajstić information content (AvgIpc) is 2.49. The van der Waals surface area contributed by atoms with Gasteiger partial charge in [0.15, 0.2) is 11.6 Å². The fourth-order valence-electron chi connectivity index (χ4n) is 1.98. The third-order valence-corrected chi connectivity index (χ3v) is 5.45. The molecule has 2 aromatic rings. The number of hydrogen-bond donors (Lipinski definition) is 0. The molecule has 0 N–H and O–H groups in total. The normalized spacial score (nSPS) is 14.3. The Kier molecular flexibility index (Phi) is 4.75. The molecule has 1 unspecified atom stereocenters. The predicted octanol–water partition coefficient (Wildman–Crippen LogP) is 4.82. The number of rotatable bonds is 5. The Bertz CT molecular complexity index is 792. The maximum atomic E-state index is 14.1. The van der Waals surface area contributed by atoms with Crippen molar-refractivity contribution in [3.63, 3.8) is 0 Å². The highest BCUT2D eigenvalue weighted by molar-refractivity contribution is 8.00. The van der Waals surface area contributed by atoms with E-state index in [-0.39, 0.29) is 11.5 Å². The smallest absolute Gasteiger partial charge is 0.273 e. The molecular weight excluding hydrogens is 325 g/mol. The molecule has 0 saturated carbocycles. The van der Waals surface area contributed by atoms with Crippen molar-refractivity contribution in [2.24, 2.45) is 0 Å². The number of alkyl halides is 2. The van der Waals surface area contributed by atoms with Gasteiger partial charge in [-0.3, -0.25) is 4.21 Å². The molecule has 2 rings (SSSR count). The first-order valence-electron chi connectivity index (χ1n) is 6.95. The summed E-state index contributed by atoms with van der Waals surface area (Å²) in [6.07, 6.45) is 0. The van der Waals surface area contributed by atoms with Gasteiger partial charge in [0, 0.05) is 17.6 Å². The van der Waals surface area contributed by atoms with Crippen LogP contribution in [-0.4, -0.2) is 15.8 Å². The maximum Gasteiger partial charge on any atom is 0.273 e. The van der Waals surface area contributed by atoms with E-state index in [1.165, 1.54) is 24.3 Å². The lowest BCUT2D eigenvalue weighted by atomic mass is 10.1. The van der Waals surface area contributed by atoms with Gasteiger partial charge in [0.2, 0.25) is 0 Å². The van der Waals surface area contributed by atoms with Crippen molar-refractivity contribution in [3.05, 3.63) is 53.8 Å². The SMILES string of the molecule is C=S(=O)(CC)c1ccc(Oc2cccc(C(C)(F)F)c2F)cc1. The largest absolute Gasteiger partial charge is 0.454 e. The van der Waals surface area contributed by atoms with Gasteiger partial charge in [-0.15, -0.1) is 0 Å². The van der Waals surface area contributed by atoms with E-state index >= 15 is 0 Å². The van der Waals surface area contributed by atoms with Crippen molar-refractivity contribution in [1.29, 1.82) is 0 Å². The van der Waals surface area contributed by atoms with Gasteiger partial charge in [-0.1, -0.05) is 13.0 Å². The fraction of sp³-hybridized carbons (Fsp3) is 0.235. The molecule has 0 aromatic heterocycles. The van der Waals surface area contributed by atoms with Crippen molar-refractivity contribution in [2.75, 3.05) is 5.75 Å². The molecule has 0 radical (unpaired) electrons. The lowest BCUT2D eigenvalue weighted by molar-refractivity contribution is 0.0134. The van der Waals surface area contributed by atoms with Gasteiger partial charge >= 0.3 is 0 Å². The third-order valence-electron chi connectivity index (χ3n) is 3.38. The van der Waals surface area contributed by atoms with E-state index in [9.17, 15) is 17.4 Å². The van der Waals surface area contributed by atoms with Crippen molar-refractivity contribution in [2.45, 2.75) is 24.7 Å². The van der Waals surface area contributed by atoms with Crippen LogP contribution in [0.3, 0.4) is 0 Å². The van der Waals surface area contributed by atoms with E-state index in [1.807, 2.05) is 0 Å². The minimum atomic E-state index is -3.30. The van der Waals surface area contributed by atoms with E-state index < -0.39 is 26.8 Å². The molecule has 2 nitrogen and oxygen atoms in total. The minimum absolute atomic E-state index is 0.260. The lowest BCUT2D eigenvalue weighted by Crippen LogP contribution is -2.10. The molecule has 0 amide bonds. The fourth-order valence-corrected chi connectivity index (χ4v) is 2.94. The van der Waals surface area contributed by atoms with Crippen LogP contribution >= 0.6 is 0 Å². The Morgan fingerprint density at radius 3 is 2.30 bits per heavy atom. The van der Waals surface area contributed by atoms with Gasteiger partial charge in [0.05, 0.1) is 5.56 Å². The van der Waals surface area contributed by atoms with Gasteiger partial charge in [0.1, 0.15) is 5.75 Å². The molecule has 2 aromatic carbocycles. The highest BCUT2D eigenvalue weighted by Gasteiger charge is 2.29. The van der Waals surface area contributed by atoms with E-state index in [4.69, 9.17) is 4.74 Å². The first-order valence-corrected chi connectivity index (χ1v) is 8.84. The molecule has 124 valence electrons. The quantitative estimate of drug-likeness (QED) is 0.728.